The Bertz CT molecular complexity index is 365. The average molecular weight is 259 g/mol. The topological polar surface area (TPSA) is 55.1 Å². The van der Waals surface area contributed by atoms with Crippen molar-refractivity contribution in [2.24, 2.45) is 5.73 Å². The van der Waals surface area contributed by atoms with Crippen LogP contribution in [-0.2, 0) is 4.79 Å². The van der Waals surface area contributed by atoms with Crippen LogP contribution in [0.3, 0.4) is 0 Å². The Balaban J connectivity index is 2.39. The van der Waals surface area contributed by atoms with Gasteiger partial charge in [0.25, 0.3) is 0 Å². The van der Waals surface area contributed by atoms with Gasteiger partial charge in [-0.05, 0) is 37.6 Å². The number of nitrogens with one attached hydrogen (secondary N) is 1. The molecule has 1 amide bonds. The molecule has 0 spiro atoms. The number of hydrogen-bond donors (Lipinski definition) is 2. The molecule has 0 aliphatic carbocycles. The number of hydrogen-bond acceptors (Lipinski definition) is 2. The van der Waals surface area contributed by atoms with E-state index in [4.69, 9.17) is 17.3 Å². The van der Waals surface area contributed by atoms with E-state index in [2.05, 4.69) is 5.32 Å². The van der Waals surface area contributed by atoms with E-state index in [0.29, 0.717) is 18.7 Å². The van der Waals surface area contributed by atoms with Gasteiger partial charge in [-0.25, -0.2) is 4.39 Å². The highest BCUT2D eigenvalue weighted by Crippen LogP contribution is 2.18. The Morgan fingerprint density at radius 2 is 2.06 bits per heavy atom. The van der Waals surface area contributed by atoms with Gasteiger partial charge in [-0.3, -0.25) is 4.79 Å². The predicted molar refractivity (Wildman–Crippen MR) is 67.6 cm³/mol. The van der Waals surface area contributed by atoms with Crippen molar-refractivity contribution in [1.29, 1.82) is 0 Å². The molecular formula is C12H16ClFN2O. The van der Waals surface area contributed by atoms with Crippen molar-refractivity contribution in [2.75, 3.05) is 11.9 Å². The molecule has 0 unspecified atom stereocenters. The van der Waals surface area contributed by atoms with Crippen LogP contribution in [0.5, 0.6) is 0 Å². The molecule has 0 heterocycles. The molecule has 0 radical (unpaired) electrons. The molecule has 1 rings (SSSR count). The summed E-state index contributed by atoms with van der Waals surface area (Å²) in [5, 5.41) is 2.87. The molecule has 0 bridgehead atoms. The number of rotatable bonds is 6. The molecule has 0 aliphatic heterocycles. The first-order valence-electron chi connectivity index (χ1n) is 5.58. The summed E-state index contributed by atoms with van der Waals surface area (Å²) in [7, 11) is 0. The number of nitrogens with two attached hydrogens (primary N) is 1. The first-order valence-corrected chi connectivity index (χ1v) is 5.95. The van der Waals surface area contributed by atoms with E-state index in [1.54, 1.807) is 0 Å². The molecule has 0 saturated heterocycles. The highest BCUT2D eigenvalue weighted by molar-refractivity contribution is 6.30. The zero-order chi connectivity index (χ0) is 12.7. The van der Waals surface area contributed by atoms with E-state index in [1.165, 1.54) is 18.2 Å². The monoisotopic (exact) mass is 258 g/mol. The lowest BCUT2D eigenvalue weighted by atomic mass is 10.2. The highest BCUT2D eigenvalue weighted by atomic mass is 35.5. The summed E-state index contributed by atoms with van der Waals surface area (Å²) in [5.74, 6) is -0.598. The molecule has 3 N–H and O–H groups in total. The number of amides is 1. The van der Waals surface area contributed by atoms with E-state index in [0.717, 1.165) is 19.3 Å². The average Bonchev–Trinajstić information content (AvgIpc) is 2.23. The van der Waals surface area contributed by atoms with Gasteiger partial charge in [-0.2, -0.15) is 0 Å². The third-order valence-electron chi connectivity index (χ3n) is 2.25. The molecule has 5 heteroatoms. The molecule has 0 fully saturated rings. The fourth-order valence-corrected chi connectivity index (χ4v) is 1.68. The first kappa shape index (κ1) is 13.9. The van der Waals surface area contributed by atoms with Gasteiger partial charge in [-0.1, -0.05) is 18.0 Å². The summed E-state index contributed by atoms with van der Waals surface area (Å²) in [6.07, 6.45) is 3.03. The highest BCUT2D eigenvalue weighted by Gasteiger charge is 2.04. The molecule has 0 atom stereocenters. The maximum atomic E-state index is 13.0. The number of halogens is 2. The Labute approximate surface area is 105 Å². The maximum absolute atomic E-state index is 13.0. The van der Waals surface area contributed by atoms with Crippen LogP contribution in [0.25, 0.3) is 0 Å². The van der Waals surface area contributed by atoms with E-state index in [-0.39, 0.29) is 10.9 Å². The quantitative estimate of drug-likeness (QED) is 0.771. The van der Waals surface area contributed by atoms with E-state index in [9.17, 15) is 9.18 Å². The van der Waals surface area contributed by atoms with Crippen LogP contribution in [0.1, 0.15) is 25.7 Å². The van der Waals surface area contributed by atoms with Crippen molar-refractivity contribution in [3.05, 3.63) is 29.0 Å². The van der Waals surface area contributed by atoms with Gasteiger partial charge in [0, 0.05) is 17.1 Å². The normalized spacial score (nSPS) is 10.3. The van der Waals surface area contributed by atoms with Crippen LogP contribution in [0, 0.1) is 5.82 Å². The largest absolute Gasteiger partial charge is 0.330 e. The summed E-state index contributed by atoms with van der Waals surface area (Å²) in [6, 6.07) is 3.95. The van der Waals surface area contributed by atoms with E-state index in [1.807, 2.05) is 0 Å². The Morgan fingerprint density at radius 3 is 2.71 bits per heavy atom. The molecule has 17 heavy (non-hydrogen) atoms. The van der Waals surface area contributed by atoms with E-state index < -0.39 is 5.82 Å². The van der Waals surface area contributed by atoms with Gasteiger partial charge >= 0.3 is 0 Å². The lowest BCUT2D eigenvalue weighted by Crippen LogP contribution is -2.11. The van der Waals surface area contributed by atoms with Crippen LogP contribution in [0.4, 0.5) is 10.1 Å². The molecule has 0 aliphatic rings. The van der Waals surface area contributed by atoms with Crippen LogP contribution >= 0.6 is 11.6 Å². The Morgan fingerprint density at radius 1 is 1.29 bits per heavy atom. The molecule has 3 nitrogen and oxygen atoms in total. The molecule has 1 aromatic carbocycles. The van der Waals surface area contributed by atoms with Crippen molar-refractivity contribution in [2.45, 2.75) is 25.7 Å². The van der Waals surface area contributed by atoms with Crippen LogP contribution in [0.15, 0.2) is 18.2 Å². The minimum Gasteiger partial charge on any atom is -0.330 e. The number of anilines is 1. The van der Waals surface area contributed by atoms with Gasteiger partial charge in [0.15, 0.2) is 0 Å². The summed E-state index contributed by atoms with van der Waals surface area (Å²) in [4.78, 5) is 11.5. The second-order valence-corrected chi connectivity index (χ2v) is 4.24. The zero-order valence-electron chi connectivity index (χ0n) is 9.51. The molecular weight excluding hydrogens is 243 g/mol. The molecule has 0 saturated carbocycles. The standard InChI is InChI=1S/C12H16ClFN2O/c13-9-6-10(14)8-11(7-9)16-12(17)4-2-1-3-5-15/h6-8H,1-5,15H2,(H,16,17). The van der Waals surface area contributed by atoms with Gasteiger partial charge in [0.1, 0.15) is 5.82 Å². The van der Waals surface area contributed by atoms with E-state index >= 15 is 0 Å². The van der Waals surface area contributed by atoms with Crippen LogP contribution in [-0.4, -0.2) is 12.5 Å². The smallest absolute Gasteiger partial charge is 0.224 e. The lowest BCUT2D eigenvalue weighted by Gasteiger charge is -2.05. The second-order valence-electron chi connectivity index (χ2n) is 3.81. The number of carbonyl (C=O) groups excluding carboxylic acids is 1. The summed E-state index contributed by atoms with van der Waals surface area (Å²) >= 11 is 5.67. The molecule has 0 aromatic heterocycles. The fraction of sp³-hybridized carbons (Fsp3) is 0.417. The third-order valence-corrected chi connectivity index (χ3v) is 2.47. The number of carbonyl (C=O) groups is 1. The minimum absolute atomic E-state index is 0.135. The van der Waals surface area contributed by atoms with Crippen molar-refractivity contribution in [1.82, 2.24) is 0 Å². The van der Waals surface area contributed by atoms with Gasteiger partial charge in [0.05, 0.1) is 0 Å². The maximum Gasteiger partial charge on any atom is 0.224 e. The Hall–Kier alpha value is -1.13. The number of benzene rings is 1. The first-order chi connectivity index (χ1) is 8.11. The van der Waals surface area contributed by atoms with Crippen molar-refractivity contribution in [3.63, 3.8) is 0 Å². The molecule has 94 valence electrons. The van der Waals surface area contributed by atoms with Crippen molar-refractivity contribution < 1.29 is 9.18 Å². The molecule has 1 aromatic rings. The summed E-state index contributed by atoms with van der Waals surface area (Å²) < 4.78 is 13.0. The predicted octanol–water partition coefficient (Wildman–Crippen LogP) is 2.94. The van der Waals surface area contributed by atoms with Gasteiger partial charge in [-0.15, -0.1) is 0 Å². The zero-order valence-corrected chi connectivity index (χ0v) is 10.3. The van der Waals surface area contributed by atoms with Gasteiger partial charge < -0.3 is 11.1 Å². The van der Waals surface area contributed by atoms with Crippen molar-refractivity contribution >= 4 is 23.2 Å². The fourth-order valence-electron chi connectivity index (χ4n) is 1.46. The summed E-state index contributed by atoms with van der Waals surface area (Å²) in [5.41, 5.74) is 5.73. The minimum atomic E-state index is -0.462. The Kier molecular flexibility index (Phi) is 5.94. The third kappa shape index (κ3) is 5.65. The second kappa shape index (κ2) is 7.25. The van der Waals surface area contributed by atoms with Crippen LogP contribution in [0.2, 0.25) is 5.02 Å². The van der Waals surface area contributed by atoms with Crippen molar-refractivity contribution in [3.8, 4) is 0 Å². The lowest BCUT2D eigenvalue weighted by molar-refractivity contribution is -0.116. The summed E-state index contributed by atoms with van der Waals surface area (Å²) in [6.45, 7) is 0.640. The van der Waals surface area contributed by atoms with Gasteiger partial charge in [0.2, 0.25) is 5.91 Å². The number of unbranched alkanes of at least 4 members (excludes halogenated alkanes) is 2. The SMILES string of the molecule is NCCCCCC(=O)Nc1cc(F)cc(Cl)c1. The van der Waals surface area contributed by atoms with Crippen LogP contribution < -0.4 is 11.1 Å².